The summed E-state index contributed by atoms with van der Waals surface area (Å²) in [6.07, 6.45) is 0.683. The van der Waals surface area contributed by atoms with E-state index in [1.54, 1.807) is 0 Å². The van der Waals surface area contributed by atoms with Crippen LogP contribution in [0.15, 0.2) is 28.7 Å². The van der Waals surface area contributed by atoms with Gasteiger partial charge >= 0.3 is 5.97 Å². The van der Waals surface area contributed by atoms with Gasteiger partial charge in [-0.2, -0.15) is 0 Å². The predicted molar refractivity (Wildman–Crippen MR) is 87.4 cm³/mol. The molecule has 1 aromatic heterocycles. The second-order valence-electron chi connectivity index (χ2n) is 5.76. The van der Waals surface area contributed by atoms with Crippen LogP contribution < -0.4 is 0 Å². The van der Waals surface area contributed by atoms with Gasteiger partial charge in [0.05, 0.1) is 0 Å². The summed E-state index contributed by atoms with van der Waals surface area (Å²) >= 11 is 0. The Morgan fingerprint density at radius 1 is 1.22 bits per heavy atom. The number of hydrogen-bond donors (Lipinski definition) is 1. The van der Waals surface area contributed by atoms with Crippen molar-refractivity contribution in [2.24, 2.45) is 0 Å². The van der Waals surface area contributed by atoms with Crippen LogP contribution >= 0.6 is 0 Å². The fraction of sp³-hybridized carbons (Fsp3) is 0.412. The number of furan rings is 1. The lowest BCUT2D eigenvalue weighted by Crippen LogP contribution is -2.36. The average molecular weight is 318 g/mol. The topological polar surface area (TPSA) is 74.0 Å². The molecule has 0 spiro atoms. The van der Waals surface area contributed by atoms with Crippen LogP contribution in [0.25, 0.3) is 11.0 Å². The Labute approximate surface area is 135 Å². The quantitative estimate of drug-likeness (QED) is 0.848. The highest BCUT2D eigenvalue weighted by Crippen LogP contribution is 2.27. The zero-order valence-electron chi connectivity index (χ0n) is 13.7. The van der Waals surface area contributed by atoms with Crippen molar-refractivity contribution in [3.63, 3.8) is 0 Å². The molecule has 6 heteroatoms. The fourth-order valence-electron chi connectivity index (χ4n) is 2.57. The average Bonchev–Trinajstić information content (AvgIpc) is 2.84. The molecule has 1 heterocycles. The van der Waals surface area contributed by atoms with Crippen LogP contribution in [0.1, 0.15) is 29.5 Å². The molecule has 0 bridgehead atoms. The molecule has 2 aromatic rings. The van der Waals surface area contributed by atoms with E-state index >= 15 is 0 Å². The summed E-state index contributed by atoms with van der Waals surface area (Å²) in [6.45, 7) is 2.50. The predicted octanol–water partition coefficient (Wildman–Crippen LogP) is 2.43. The molecule has 0 radical (unpaired) electrons. The van der Waals surface area contributed by atoms with E-state index in [1.165, 1.54) is 4.90 Å². The van der Waals surface area contributed by atoms with Gasteiger partial charge in [-0.05, 0) is 26.6 Å². The molecule has 0 saturated heterocycles. The van der Waals surface area contributed by atoms with Gasteiger partial charge in [0.25, 0.3) is 5.91 Å². The Morgan fingerprint density at radius 3 is 2.52 bits per heavy atom. The normalized spacial score (nSPS) is 11.1. The second-order valence-corrected chi connectivity index (χ2v) is 5.76. The summed E-state index contributed by atoms with van der Waals surface area (Å²) in [4.78, 5) is 27.1. The minimum absolute atomic E-state index is 0.231. The van der Waals surface area contributed by atoms with Crippen molar-refractivity contribution in [3.05, 3.63) is 35.6 Å². The lowest BCUT2D eigenvalue weighted by Gasteiger charge is -2.19. The van der Waals surface area contributed by atoms with Crippen molar-refractivity contribution >= 4 is 22.8 Å². The molecule has 0 aliphatic carbocycles. The molecule has 0 aliphatic heterocycles. The number of carbonyl (C=O) groups excluding carboxylic acids is 1. The number of aliphatic carboxylic acids is 1. The molecule has 0 aliphatic rings. The molecule has 6 nitrogen and oxygen atoms in total. The Kier molecular flexibility index (Phi) is 5.39. The smallest absolute Gasteiger partial charge is 0.323 e. The molecular formula is C17H22N2O4. The first kappa shape index (κ1) is 17.0. The van der Waals surface area contributed by atoms with Gasteiger partial charge in [-0.3, -0.25) is 9.59 Å². The lowest BCUT2D eigenvalue weighted by atomic mass is 10.1. The van der Waals surface area contributed by atoms with E-state index in [0.717, 1.165) is 10.9 Å². The van der Waals surface area contributed by atoms with Crippen molar-refractivity contribution < 1.29 is 19.1 Å². The third kappa shape index (κ3) is 3.90. The molecule has 0 saturated carbocycles. The number of hydrogen-bond acceptors (Lipinski definition) is 4. The van der Waals surface area contributed by atoms with Crippen molar-refractivity contribution in [3.8, 4) is 0 Å². The van der Waals surface area contributed by atoms with Crippen molar-refractivity contribution in [1.82, 2.24) is 9.80 Å². The lowest BCUT2D eigenvalue weighted by molar-refractivity contribution is -0.137. The summed E-state index contributed by atoms with van der Waals surface area (Å²) < 4.78 is 5.76. The molecular weight excluding hydrogens is 296 g/mol. The maximum absolute atomic E-state index is 12.8. The minimum Gasteiger partial charge on any atom is -0.480 e. The Balaban J connectivity index is 2.47. The van der Waals surface area contributed by atoms with Gasteiger partial charge in [0.15, 0.2) is 5.76 Å². The number of carbonyl (C=O) groups is 2. The number of carboxylic acid groups (broad SMARTS) is 1. The number of nitrogens with zero attached hydrogens (tertiary/aromatic N) is 2. The number of carboxylic acids is 1. The van der Waals surface area contributed by atoms with Gasteiger partial charge in [0.2, 0.25) is 0 Å². The molecule has 0 unspecified atom stereocenters. The zero-order chi connectivity index (χ0) is 17.0. The molecule has 0 atom stereocenters. The zero-order valence-corrected chi connectivity index (χ0v) is 13.7. The van der Waals surface area contributed by atoms with Gasteiger partial charge in [-0.15, -0.1) is 0 Å². The summed E-state index contributed by atoms with van der Waals surface area (Å²) in [5.74, 6) is -1.17. The van der Waals surface area contributed by atoms with E-state index in [4.69, 9.17) is 9.52 Å². The van der Waals surface area contributed by atoms with Crippen LogP contribution in [0.5, 0.6) is 0 Å². The number of para-hydroxylation sites is 1. The molecule has 23 heavy (non-hydrogen) atoms. The number of rotatable bonds is 7. The fourth-order valence-corrected chi connectivity index (χ4v) is 2.57. The molecule has 1 aromatic carbocycles. The first-order valence-electron chi connectivity index (χ1n) is 7.60. The van der Waals surface area contributed by atoms with E-state index in [2.05, 4.69) is 0 Å². The summed E-state index contributed by atoms with van der Waals surface area (Å²) in [6, 6.07) is 7.47. The summed E-state index contributed by atoms with van der Waals surface area (Å²) in [5.41, 5.74) is 1.43. The molecule has 2 rings (SSSR count). The maximum Gasteiger partial charge on any atom is 0.323 e. The van der Waals surface area contributed by atoms with E-state index in [1.807, 2.05) is 50.2 Å². The third-order valence-electron chi connectivity index (χ3n) is 3.47. The summed E-state index contributed by atoms with van der Waals surface area (Å²) in [5, 5.41) is 9.91. The van der Waals surface area contributed by atoms with Gasteiger partial charge in [0.1, 0.15) is 12.1 Å². The molecule has 1 amide bonds. The SMILES string of the molecule is CCCN(CC(=O)O)C(=O)c1oc2ccccc2c1CN(C)C. The van der Waals surface area contributed by atoms with Crippen LogP contribution in [0.3, 0.4) is 0 Å². The third-order valence-corrected chi connectivity index (χ3v) is 3.47. The maximum atomic E-state index is 12.8. The van der Waals surface area contributed by atoms with Crippen LogP contribution in [-0.2, 0) is 11.3 Å². The van der Waals surface area contributed by atoms with E-state index in [-0.39, 0.29) is 18.2 Å². The highest BCUT2D eigenvalue weighted by atomic mass is 16.4. The van der Waals surface area contributed by atoms with Crippen molar-refractivity contribution in [1.29, 1.82) is 0 Å². The van der Waals surface area contributed by atoms with Gasteiger partial charge in [0, 0.05) is 24.0 Å². The number of benzene rings is 1. The number of amides is 1. The van der Waals surface area contributed by atoms with Crippen molar-refractivity contribution in [2.45, 2.75) is 19.9 Å². The largest absolute Gasteiger partial charge is 0.480 e. The first-order valence-corrected chi connectivity index (χ1v) is 7.60. The van der Waals surface area contributed by atoms with E-state index in [0.29, 0.717) is 25.1 Å². The highest BCUT2D eigenvalue weighted by Gasteiger charge is 2.26. The Bertz CT molecular complexity index is 706. The summed E-state index contributed by atoms with van der Waals surface area (Å²) in [7, 11) is 3.83. The van der Waals surface area contributed by atoms with Gasteiger partial charge in [-0.1, -0.05) is 25.1 Å². The molecule has 0 fully saturated rings. The minimum atomic E-state index is -1.03. The van der Waals surface area contributed by atoms with Crippen molar-refractivity contribution in [2.75, 3.05) is 27.2 Å². The van der Waals surface area contributed by atoms with Crippen LogP contribution in [-0.4, -0.2) is 54.0 Å². The Hall–Kier alpha value is -2.34. The van der Waals surface area contributed by atoms with Gasteiger partial charge < -0.3 is 19.3 Å². The van der Waals surface area contributed by atoms with Crippen LogP contribution in [0.4, 0.5) is 0 Å². The first-order chi connectivity index (χ1) is 10.9. The van der Waals surface area contributed by atoms with Gasteiger partial charge in [-0.25, -0.2) is 0 Å². The van der Waals surface area contributed by atoms with E-state index < -0.39 is 5.97 Å². The standard InChI is InChI=1S/C17H22N2O4/c1-4-9-19(11-15(20)21)17(22)16-13(10-18(2)3)12-7-5-6-8-14(12)23-16/h5-8H,4,9-11H2,1-3H3,(H,20,21). The Morgan fingerprint density at radius 2 is 1.91 bits per heavy atom. The number of fused-ring (bicyclic) bond motifs is 1. The van der Waals surface area contributed by atoms with Crippen LogP contribution in [0.2, 0.25) is 0 Å². The molecule has 124 valence electrons. The second kappa shape index (κ2) is 7.28. The highest BCUT2D eigenvalue weighted by molar-refractivity contribution is 6.00. The van der Waals surface area contributed by atoms with Crippen LogP contribution in [0, 0.1) is 0 Å². The molecule has 1 N–H and O–H groups in total. The monoisotopic (exact) mass is 318 g/mol. The van der Waals surface area contributed by atoms with E-state index in [9.17, 15) is 9.59 Å².